The third kappa shape index (κ3) is 4.83. The van der Waals surface area contributed by atoms with Crippen LogP contribution in [0.4, 0.5) is 16.5 Å². The molecule has 1 aromatic heterocycles. The molecule has 26 heavy (non-hydrogen) atoms. The standard InChI is InChI=1S/C19H20N4OS2/c1-12-7-6-9-15(11-12)20-18-22-23-19(26-18)25-14(3)17(24)21-16-10-5-4-8-13(16)2/h4-11,14H,1-3H3,(H,20,22)(H,21,24)/t14-/m0/s1. The smallest absolute Gasteiger partial charge is 0.237 e. The number of carbonyl (C=O) groups is 1. The summed E-state index contributed by atoms with van der Waals surface area (Å²) in [5.41, 5.74) is 4.03. The lowest BCUT2D eigenvalue weighted by molar-refractivity contribution is -0.115. The maximum Gasteiger partial charge on any atom is 0.237 e. The zero-order valence-electron chi connectivity index (χ0n) is 14.8. The highest BCUT2D eigenvalue weighted by Crippen LogP contribution is 2.31. The van der Waals surface area contributed by atoms with Crippen LogP contribution in [-0.2, 0) is 4.79 Å². The van der Waals surface area contributed by atoms with Crippen molar-refractivity contribution in [2.24, 2.45) is 0 Å². The van der Waals surface area contributed by atoms with E-state index in [1.165, 1.54) is 28.7 Å². The van der Waals surface area contributed by atoms with Gasteiger partial charge in [0.25, 0.3) is 0 Å². The number of hydrogen-bond acceptors (Lipinski definition) is 6. The number of amides is 1. The van der Waals surface area contributed by atoms with Gasteiger partial charge in [-0.25, -0.2) is 0 Å². The van der Waals surface area contributed by atoms with Crippen molar-refractivity contribution >= 4 is 45.5 Å². The second-order valence-corrected chi connectivity index (χ2v) is 8.50. The van der Waals surface area contributed by atoms with Crippen LogP contribution in [0.3, 0.4) is 0 Å². The average molecular weight is 385 g/mol. The fourth-order valence-corrected chi connectivity index (χ4v) is 4.22. The molecule has 134 valence electrons. The SMILES string of the molecule is Cc1cccc(Nc2nnc(S[C@@H](C)C(=O)Nc3ccccc3C)s2)c1. The van der Waals surface area contributed by atoms with E-state index in [9.17, 15) is 4.79 Å². The zero-order chi connectivity index (χ0) is 18.5. The Kier molecular flexibility index (Phi) is 5.90. The van der Waals surface area contributed by atoms with Gasteiger partial charge in [0.05, 0.1) is 5.25 Å². The van der Waals surface area contributed by atoms with Crippen LogP contribution in [0.15, 0.2) is 52.9 Å². The summed E-state index contributed by atoms with van der Waals surface area (Å²) < 4.78 is 0.757. The van der Waals surface area contributed by atoms with Gasteiger partial charge in [0.2, 0.25) is 11.0 Å². The summed E-state index contributed by atoms with van der Waals surface area (Å²) in [7, 11) is 0. The second kappa shape index (κ2) is 8.33. The molecule has 0 bridgehead atoms. The number of nitrogens with one attached hydrogen (secondary N) is 2. The van der Waals surface area contributed by atoms with Crippen molar-refractivity contribution in [2.75, 3.05) is 10.6 Å². The predicted octanol–water partition coefficient (Wildman–Crippen LogP) is 5.02. The number of nitrogens with zero attached hydrogens (tertiary/aromatic N) is 2. The molecule has 0 radical (unpaired) electrons. The van der Waals surface area contributed by atoms with E-state index in [0.29, 0.717) is 5.13 Å². The van der Waals surface area contributed by atoms with E-state index in [1.807, 2.05) is 69.3 Å². The Labute approximate surface area is 161 Å². The van der Waals surface area contributed by atoms with Gasteiger partial charge < -0.3 is 10.6 Å². The Morgan fingerprint density at radius 1 is 1.12 bits per heavy atom. The van der Waals surface area contributed by atoms with Crippen LogP contribution in [0.5, 0.6) is 0 Å². The molecule has 1 amide bonds. The van der Waals surface area contributed by atoms with Gasteiger partial charge in [0, 0.05) is 11.4 Å². The molecule has 3 aromatic rings. The van der Waals surface area contributed by atoms with Crippen molar-refractivity contribution in [1.82, 2.24) is 10.2 Å². The molecule has 3 rings (SSSR count). The van der Waals surface area contributed by atoms with E-state index in [1.54, 1.807) is 0 Å². The van der Waals surface area contributed by atoms with Crippen LogP contribution >= 0.6 is 23.1 Å². The summed E-state index contributed by atoms with van der Waals surface area (Å²) in [4.78, 5) is 12.4. The van der Waals surface area contributed by atoms with E-state index in [0.717, 1.165) is 21.3 Å². The van der Waals surface area contributed by atoms with Crippen molar-refractivity contribution in [3.63, 3.8) is 0 Å². The summed E-state index contributed by atoms with van der Waals surface area (Å²) in [5.74, 6) is -0.0484. The quantitative estimate of drug-likeness (QED) is 0.584. The molecule has 0 spiro atoms. The summed E-state index contributed by atoms with van der Waals surface area (Å²) >= 11 is 2.84. The molecular formula is C19H20N4OS2. The molecule has 1 heterocycles. The monoisotopic (exact) mass is 384 g/mol. The highest BCUT2D eigenvalue weighted by Gasteiger charge is 2.18. The van der Waals surface area contributed by atoms with Crippen molar-refractivity contribution in [3.05, 3.63) is 59.7 Å². The summed E-state index contributed by atoms with van der Waals surface area (Å²) in [6.45, 7) is 5.88. The zero-order valence-corrected chi connectivity index (χ0v) is 16.4. The summed E-state index contributed by atoms with van der Waals surface area (Å²) in [6, 6.07) is 15.8. The van der Waals surface area contributed by atoms with Crippen LogP contribution in [0.1, 0.15) is 18.1 Å². The van der Waals surface area contributed by atoms with Crippen molar-refractivity contribution < 1.29 is 4.79 Å². The van der Waals surface area contributed by atoms with Gasteiger partial charge in [-0.1, -0.05) is 53.4 Å². The summed E-state index contributed by atoms with van der Waals surface area (Å²) in [6.07, 6.45) is 0. The fourth-order valence-electron chi connectivity index (χ4n) is 2.31. The number of aromatic nitrogens is 2. The number of thioether (sulfide) groups is 1. The molecular weight excluding hydrogens is 364 g/mol. The highest BCUT2D eigenvalue weighted by molar-refractivity contribution is 8.02. The second-order valence-electron chi connectivity index (χ2n) is 5.93. The molecule has 0 aliphatic heterocycles. The number of carbonyl (C=O) groups excluding carboxylic acids is 1. The molecule has 1 atom stereocenters. The lowest BCUT2D eigenvalue weighted by Gasteiger charge is -2.11. The van der Waals surface area contributed by atoms with Crippen LogP contribution in [0.25, 0.3) is 0 Å². The Balaban J connectivity index is 1.59. The number of benzene rings is 2. The van der Waals surface area contributed by atoms with E-state index >= 15 is 0 Å². The minimum atomic E-state index is -0.269. The molecule has 7 heteroatoms. The fraction of sp³-hybridized carbons (Fsp3) is 0.211. The van der Waals surface area contributed by atoms with Crippen LogP contribution in [-0.4, -0.2) is 21.4 Å². The van der Waals surface area contributed by atoms with Gasteiger partial charge >= 0.3 is 0 Å². The largest absolute Gasteiger partial charge is 0.330 e. The van der Waals surface area contributed by atoms with Gasteiger partial charge in [-0.15, -0.1) is 10.2 Å². The van der Waals surface area contributed by atoms with Crippen LogP contribution in [0.2, 0.25) is 0 Å². The molecule has 0 aliphatic carbocycles. The first-order chi connectivity index (χ1) is 12.5. The van der Waals surface area contributed by atoms with Gasteiger partial charge in [0.1, 0.15) is 0 Å². The van der Waals surface area contributed by atoms with Gasteiger partial charge in [-0.3, -0.25) is 4.79 Å². The maximum atomic E-state index is 12.4. The first-order valence-corrected chi connectivity index (χ1v) is 9.91. The highest BCUT2D eigenvalue weighted by atomic mass is 32.2. The van der Waals surface area contributed by atoms with Crippen molar-refractivity contribution in [2.45, 2.75) is 30.4 Å². The van der Waals surface area contributed by atoms with Crippen LogP contribution in [0, 0.1) is 13.8 Å². The van der Waals surface area contributed by atoms with Gasteiger partial charge in [-0.05, 0) is 50.1 Å². The van der Waals surface area contributed by atoms with Gasteiger partial charge in [0.15, 0.2) is 4.34 Å². The minimum absolute atomic E-state index is 0.0484. The molecule has 2 aromatic carbocycles. The van der Waals surface area contributed by atoms with E-state index in [-0.39, 0.29) is 11.2 Å². The summed E-state index contributed by atoms with van der Waals surface area (Å²) in [5, 5.41) is 15.0. The van der Waals surface area contributed by atoms with E-state index in [2.05, 4.69) is 20.8 Å². The molecule has 0 saturated heterocycles. The molecule has 0 fully saturated rings. The first-order valence-electron chi connectivity index (χ1n) is 8.21. The van der Waals surface area contributed by atoms with Crippen molar-refractivity contribution in [3.8, 4) is 0 Å². The topological polar surface area (TPSA) is 66.9 Å². The molecule has 0 aliphatic rings. The third-order valence-corrected chi connectivity index (χ3v) is 5.75. The average Bonchev–Trinajstić information content (AvgIpc) is 3.03. The Hall–Kier alpha value is -2.38. The number of rotatable bonds is 6. The van der Waals surface area contributed by atoms with Crippen LogP contribution < -0.4 is 10.6 Å². The normalized spacial score (nSPS) is 11.8. The van der Waals surface area contributed by atoms with E-state index in [4.69, 9.17) is 0 Å². The number of anilines is 3. The molecule has 0 unspecified atom stereocenters. The number of hydrogen-bond donors (Lipinski definition) is 2. The van der Waals surface area contributed by atoms with Crippen molar-refractivity contribution in [1.29, 1.82) is 0 Å². The Morgan fingerprint density at radius 3 is 2.69 bits per heavy atom. The number of para-hydroxylation sites is 1. The maximum absolute atomic E-state index is 12.4. The molecule has 0 saturated carbocycles. The number of aryl methyl sites for hydroxylation is 2. The predicted molar refractivity (Wildman–Crippen MR) is 109 cm³/mol. The first kappa shape index (κ1) is 18.4. The minimum Gasteiger partial charge on any atom is -0.330 e. The Morgan fingerprint density at radius 2 is 1.92 bits per heavy atom. The third-order valence-electron chi connectivity index (χ3n) is 3.73. The van der Waals surface area contributed by atoms with Gasteiger partial charge in [-0.2, -0.15) is 0 Å². The molecule has 2 N–H and O–H groups in total. The lowest BCUT2D eigenvalue weighted by atomic mass is 10.2. The Bertz CT molecular complexity index is 910. The lowest BCUT2D eigenvalue weighted by Crippen LogP contribution is -2.22. The molecule has 5 nitrogen and oxygen atoms in total. The van der Waals surface area contributed by atoms with E-state index < -0.39 is 0 Å².